The predicted molar refractivity (Wildman–Crippen MR) is 137 cm³/mol. The minimum atomic E-state index is -0.335. The van der Waals surface area contributed by atoms with Crippen molar-refractivity contribution in [1.29, 1.82) is 0 Å². The number of nitrogens with one attached hydrogen (secondary N) is 1. The lowest BCUT2D eigenvalue weighted by Crippen LogP contribution is -2.42. The fraction of sp³-hybridized carbons (Fsp3) is 0.423. The predicted octanol–water partition coefficient (Wildman–Crippen LogP) is 2.28. The summed E-state index contributed by atoms with van der Waals surface area (Å²) < 4.78 is 21.4. The molecule has 1 aromatic heterocycles. The molecule has 1 N–H and O–H groups in total. The SMILES string of the molecule is COc1ccc(-c2nnn(CC(=O)N(CC(=O)NCCC(C)C)Cc3ccc4c(c3)OCO4)n2)cc1OC. The number of tetrazole rings is 1. The molecule has 2 amide bonds. The largest absolute Gasteiger partial charge is 0.493 e. The number of fused-ring (bicyclic) bond motifs is 1. The molecule has 2 aromatic carbocycles. The molecule has 0 fully saturated rings. The number of carbonyl (C=O) groups excluding carboxylic acids is 2. The molecular formula is C26H32N6O6. The average Bonchev–Trinajstić information content (AvgIpc) is 3.57. The number of hydrogen-bond acceptors (Lipinski definition) is 9. The van der Waals surface area contributed by atoms with Crippen LogP contribution in [-0.4, -0.2) is 71.0 Å². The van der Waals surface area contributed by atoms with Crippen LogP contribution < -0.4 is 24.3 Å². The average molecular weight is 525 g/mol. The van der Waals surface area contributed by atoms with Crippen LogP contribution in [0, 0.1) is 5.92 Å². The first-order chi connectivity index (χ1) is 18.4. The van der Waals surface area contributed by atoms with E-state index in [0.29, 0.717) is 46.8 Å². The standard InChI is InChI=1S/C26H32N6O6/c1-17(2)9-10-27-24(33)14-31(13-18-5-7-21-23(11-18)38-16-37-21)25(34)15-32-29-26(28-30-32)19-6-8-20(35-3)22(12-19)36-4/h5-8,11-12,17H,9-10,13-16H2,1-4H3,(H,27,33). The first-order valence-electron chi connectivity index (χ1n) is 12.3. The second kappa shape index (κ2) is 12.3. The summed E-state index contributed by atoms with van der Waals surface area (Å²) in [5, 5.41) is 15.3. The Labute approximate surface area is 220 Å². The number of rotatable bonds is 12. The zero-order valence-electron chi connectivity index (χ0n) is 22.0. The van der Waals surface area contributed by atoms with Crippen molar-refractivity contribution in [3.05, 3.63) is 42.0 Å². The van der Waals surface area contributed by atoms with E-state index in [1.807, 2.05) is 12.1 Å². The van der Waals surface area contributed by atoms with Gasteiger partial charge in [0.15, 0.2) is 23.0 Å². The van der Waals surface area contributed by atoms with Gasteiger partial charge in [0, 0.05) is 18.7 Å². The molecule has 0 aliphatic carbocycles. The second-order valence-corrected chi connectivity index (χ2v) is 9.18. The zero-order chi connectivity index (χ0) is 27.1. The highest BCUT2D eigenvalue weighted by Gasteiger charge is 2.22. The lowest BCUT2D eigenvalue weighted by Gasteiger charge is -2.22. The van der Waals surface area contributed by atoms with Crippen molar-refractivity contribution >= 4 is 11.8 Å². The number of hydrogen-bond donors (Lipinski definition) is 1. The molecule has 1 aliphatic heterocycles. The van der Waals surface area contributed by atoms with E-state index >= 15 is 0 Å². The van der Waals surface area contributed by atoms with E-state index < -0.39 is 0 Å². The van der Waals surface area contributed by atoms with Gasteiger partial charge in [-0.15, -0.1) is 10.2 Å². The fourth-order valence-corrected chi connectivity index (χ4v) is 3.84. The molecule has 12 nitrogen and oxygen atoms in total. The van der Waals surface area contributed by atoms with Crippen molar-refractivity contribution in [2.24, 2.45) is 5.92 Å². The molecule has 3 aromatic rings. The molecule has 0 saturated carbocycles. The minimum absolute atomic E-state index is 0.109. The molecule has 38 heavy (non-hydrogen) atoms. The normalized spacial score (nSPS) is 11.9. The van der Waals surface area contributed by atoms with Gasteiger partial charge in [0.05, 0.1) is 20.8 Å². The molecule has 0 radical (unpaired) electrons. The van der Waals surface area contributed by atoms with Crippen molar-refractivity contribution in [3.63, 3.8) is 0 Å². The Hall–Kier alpha value is -4.35. The summed E-state index contributed by atoms with van der Waals surface area (Å²) in [5.41, 5.74) is 1.46. The summed E-state index contributed by atoms with van der Waals surface area (Å²) >= 11 is 0. The van der Waals surface area contributed by atoms with Crippen molar-refractivity contribution in [2.45, 2.75) is 33.4 Å². The van der Waals surface area contributed by atoms with Gasteiger partial charge >= 0.3 is 0 Å². The van der Waals surface area contributed by atoms with Gasteiger partial charge in [0.2, 0.25) is 24.4 Å². The lowest BCUT2D eigenvalue weighted by atomic mass is 10.1. The number of nitrogens with zero attached hydrogens (tertiary/aromatic N) is 5. The van der Waals surface area contributed by atoms with Crippen LogP contribution in [0.25, 0.3) is 11.4 Å². The van der Waals surface area contributed by atoms with Crippen LogP contribution in [0.15, 0.2) is 36.4 Å². The van der Waals surface area contributed by atoms with Crippen LogP contribution in [0.2, 0.25) is 0 Å². The van der Waals surface area contributed by atoms with Gasteiger partial charge in [-0.1, -0.05) is 19.9 Å². The number of benzene rings is 2. The van der Waals surface area contributed by atoms with E-state index in [-0.39, 0.29) is 38.2 Å². The molecule has 0 saturated heterocycles. The van der Waals surface area contributed by atoms with E-state index in [4.69, 9.17) is 18.9 Å². The maximum absolute atomic E-state index is 13.3. The Morgan fingerprint density at radius 1 is 1.08 bits per heavy atom. The van der Waals surface area contributed by atoms with Crippen LogP contribution in [0.1, 0.15) is 25.8 Å². The van der Waals surface area contributed by atoms with E-state index in [1.165, 1.54) is 16.8 Å². The number of ether oxygens (including phenoxy) is 4. The van der Waals surface area contributed by atoms with Gasteiger partial charge in [0.1, 0.15) is 6.54 Å². The Morgan fingerprint density at radius 2 is 1.87 bits per heavy atom. The Kier molecular flexibility index (Phi) is 8.62. The van der Waals surface area contributed by atoms with Gasteiger partial charge in [-0.25, -0.2) is 0 Å². The van der Waals surface area contributed by atoms with Crippen LogP contribution >= 0.6 is 0 Å². The maximum atomic E-state index is 13.3. The van der Waals surface area contributed by atoms with Gasteiger partial charge < -0.3 is 29.2 Å². The third kappa shape index (κ3) is 6.69. The Balaban J connectivity index is 1.47. The monoisotopic (exact) mass is 524 g/mol. The number of carbonyl (C=O) groups is 2. The Morgan fingerprint density at radius 3 is 2.63 bits per heavy atom. The molecule has 4 rings (SSSR count). The van der Waals surface area contributed by atoms with Crippen LogP contribution in [0.4, 0.5) is 0 Å². The molecule has 1 aliphatic rings. The number of aromatic nitrogens is 4. The van der Waals surface area contributed by atoms with Crippen molar-refractivity contribution in [1.82, 2.24) is 30.4 Å². The molecule has 0 atom stereocenters. The van der Waals surface area contributed by atoms with Crippen LogP contribution in [0.5, 0.6) is 23.0 Å². The topological polar surface area (TPSA) is 130 Å². The smallest absolute Gasteiger partial charge is 0.247 e. The highest BCUT2D eigenvalue weighted by atomic mass is 16.7. The molecule has 12 heteroatoms. The first kappa shape index (κ1) is 26.7. The summed E-state index contributed by atoms with van der Waals surface area (Å²) in [7, 11) is 3.09. The third-order valence-corrected chi connectivity index (χ3v) is 5.91. The fourth-order valence-electron chi connectivity index (χ4n) is 3.84. The van der Waals surface area contributed by atoms with Crippen molar-refractivity contribution in [3.8, 4) is 34.4 Å². The number of methoxy groups -OCH3 is 2. The minimum Gasteiger partial charge on any atom is -0.493 e. The summed E-state index contributed by atoms with van der Waals surface area (Å²) in [6.45, 7) is 4.77. The molecular weight excluding hydrogens is 492 g/mol. The molecule has 0 spiro atoms. The summed E-state index contributed by atoms with van der Waals surface area (Å²) in [6, 6.07) is 10.7. The van der Waals surface area contributed by atoms with Gasteiger partial charge in [-0.3, -0.25) is 9.59 Å². The summed E-state index contributed by atoms with van der Waals surface area (Å²) in [4.78, 5) is 28.6. The second-order valence-electron chi connectivity index (χ2n) is 9.18. The quantitative estimate of drug-likeness (QED) is 0.379. The van der Waals surface area contributed by atoms with E-state index in [1.54, 1.807) is 31.4 Å². The highest BCUT2D eigenvalue weighted by Crippen LogP contribution is 2.33. The Bertz CT molecular complexity index is 1280. The molecule has 0 bridgehead atoms. The highest BCUT2D eigenvalue weighted by molar-refractivity contribution is 5.84. The molecule has 202 valence electrons. The number of amides is 2. The first-order valence-corrected chi connectivity index (χ1v) is 12.3. The van der Waals surface area contributed by atoms with Crippen molar-refractivity contribution < 1.29 is 28.5 Å². The van der Waals surface area contributed by atoms with Crippen LogP contribution in [0.3, 0.4) is 0 Å². The molecule has 2 heterocycles. The van der Waals surface area contributed by atoms with Gasteiger partial charge in [-0.05, 0) is 53.4 Å². The van der Waals surface area contributed by atoms with E-state index in [2.05, 4.69) is 34.6 Å². The van der Waals surface area contributed by atoms with Crippen LogP contribution in [-0.2, 0) is 22.7 Å². The van der Waals surface area contributed by atoms with Crippen molar-refractivity contribution in [2.75, 3.05) is 34.1 Å². The van der Waals surface area contributed by atoms with Gasteiger partial charge in [0.25, 0.3) is 0 Å². The summed E-state index contributed by atoms with van der Waals surface area (Å²) in [5.74, 6) is 2.56. The summed E-state index contributed by atoms with van der Waals surface area (Å²) in [6.07, 6.45) is 0.851. The van der Waals surface area contributed by atoms with E-state index in [0.717, 1.165) is 12.0 Å². The van der Waals surface area contributed by atoms with E-state index in [9.17, 15) is 9.59 Å². The maximum Gasteiger partial charge on any atom is 0.247 e. The zero-order valence-corrected chi connectivity index (χ0v) is 22.0. The molecule has 0 unspecified atom stereocenters. The lowest BCUT2D eigenvalue weighted by molar-refractivity contribution is -0.137. The third-order valence-electron chi connectivity index (χ3n) is 5.91. The van der Waals surface area contributed by atoms with Gasteiger partial charge in [-0.2, -0.15) is 4.80 Å².